The molecule has 0 bridgehead atoms. The lowest BCUT2D eigenvalue weighted by atomic mass is 10.0. The number of likely N-dealkylation sites (tertiary alicyclic amines) is 1. The topological polar surface area (TPSA) is 75.2 Å². The van der Waals surface area contributed by atoms with Crippen LogP contribution in [0.2, 0.25) is 0 Å². The molecule has 1 N–H and O–H groups in total. The number of rotatable bonds is 2. The number of nitrogens with one attached hydrogen (secondary N) is 1. The number of halogens is 1. The normalized spacial score (nSPS) is 18.3. The first kappa shape index (κ1) is 15.5. The summed E-state index contributed by atoms with van der Waals surface area (Å²) in [5, 5.41) is 0. The van der Waals surface area contributed by atoms with E-state index in [4.69, 9.17) is 0 Å². The molecule has 1 aliphatic heterocycles. The summed E-state index contributed by atoms with van der Waals surface area (Å²) in [6, 6.07) is 3.73. The number of amides is 1. The zero-order chi connectivity index (χ0) is 16.6. The van der Waals surface area contributed by atoms with Gasteiger partial charge in [0.15, 0.2) is 0 Å². The highest BCUT2D eigenvalue weighted by Crippen LogP contribution is 2.16. The van der Waals surface area contributed by atoms with Crippen molar-refractivity contribution in [2.45, 2.75) is 26.3 Å². The summed E-state index contributed by atoms with van der Waals surface area (Å²) in [6.07, 6.45) is 2.01. The van der Waals surface area contributed by atoms with Crippen molar-refractivity contribution in [3.63, 3.8) is 0 Å². The predicted molar refractivity (Wildman–Crippen MR) is 83.8 cm³/mol. The van der Waals surface area contributed by atoms with Crippen LogP contribution in [0.15, 0.2) is 27.8 Å². The Hall–Kier alpha value is -2.44. The van der Waals surface area contributed by atoms with E-state index >= 15 is 0 Å². The van der Waals surface area contributed by atoms with Gasteiger partial charge in [-0.3, -0.25) is 19.0 Å². The summed E-state index contributed by atoms with van der Waals surface area (Å²) < 4.78 is 14.4. The summed E-state index contributed by atoms with van der Waals surface area (Å²) in [6.45, 7) is 3.19. The van der Waals surface area contributed by atoms with Crippen LogP contribution in [0.25, 0.3) is 11.0 Å². The molecule has 1 aliphatic rings. The molecule has 6 nitrogen and oxygen atoms in total. The van der Waals surface area contributed by atoms with Gasteiger partial charge in [0.1, 0.15) is 12.4 Å². The Morgan fingerprint density at radius 1 is 1.39 bits per heavy atom. The minimum atomic E-state index is -0.858. The first-order chi connectivity index (χ1) is 11.0. The van der Waals surface area contributed by atoms with Crippen LogP contribution >= 0.6 is 0 Å². The largest absolute Gasteiger partial charge is 0.341 e. The van der Waals surface area contributed by atoms with Gasteiger partial charge in [0.05, 0.1) is 11.0 Å². The van der Waals surface area contributed by atoms with Crippen LogP contribution in [0.3, 0.4) is 0 Å². The van der Waals surface area contributed by atoms with Gasteiger partial charge in [-0.1, -0.05) is 6.92 Å². The maximum Gasteiger partial charge on any atom is 0.317 e. The lowest BCUT2D eigenvalue weighted by Crippen LogP contribution is -2.44. The molecule has 1 fully saturated rings. The number of hydrogen-bond donors (Lipinski definition) is 1. The molecular formula is C16H18FN3O3. The summed E-state index contributed by atoms with van der Waals surface area (Å²) >= 11 is 0. The van der Waals surface area contributed by atoms with Crippen LogP contribution in [0.5, 0.6) is 0 Å². The van der Waals surface area contributed by atoms with Gasteiger partial charge in [0.2, 0.25) is 5.91 Å². The number of piperidine rings is 1. The lowest BCUT2D eigenvalue weighted by molar-refractivity contribution is -0.133. The van der Waals surface area contributed by atoms with E-state index in [1.54, 1.807) is 4.90 Å². The molecule has 3 rings (SSSR count). The first-order valence-electron chi connectivity index (χ1n) is 7.66. The number of benzene rings is 1. The molecule has 23 heavy (non-hydrogen) atoms. The molecule has 0 aliphatic carbocycles. The Labute approximate surface area is 131 Å². The number of aromatic nitrogens is 2. The summed E-state index contributed by atoms with van der Waals surface area (Å²) in [4.78, 5) is 40.4. The molecule has 1 amide bonds. The molecule has 1 aromatic carbocycles. The molecule has 2 heterocycles. The second kappa shape index (κ2) is 5.98. The number of H-pyrrole nitrogens is 1. The van der Waals surface area contributed by atoms with E-state index in [2.05, 4.69) is 11.9 Å². The Morgan fingerprint density at radius 3 is 2.91 bits per heavy atom. The number of aromatic amines is 1. The van der Waals surface area contributed by atoms with Gasteiger partial charge in [-0.2, -0.15) is 0 Å². The van der Waals surface area contributed by atoms with E-state index in [9.17, 15) is 18.8 Å². The zero-order valence-corrected chi connectivity index (χ0v) is 12.8. The number of carbonyl (C=O) groups is 1. The van der Waals surface area contributed by atoms with E-state index in [0.717, 1.165) is 23.5 Å². The summed E-state index contributed by atoms with van der Waals surface area (Å²) in [5.74, 6) is -0.293. The molecule has 1 saturated heterocycles. The monoisotopic (exact) mass is 319 g/mol. The SMILES string of the molecule is CC1CCCN(C(=O)Cn2c(=O)c(=O)[nH]c3cc(F)ccc32)C1. The fourth-order valence-electron chi connectivity index (χ4n) is 3.06. The Bertz CT molecular complexity index is 871. The van der Waals surface area contributed by atoms with Gasteiger partial charge in [-0.25, -0.2) is 4.39 Å². The van der Waals surface area contributed by atoms with Crippen molar-refractivity contribution in [2.75, 3.05) is 13.1 Å². The van der Waals surface area contributed by atoms with Gasteiger partial charge < -0.3 is 9.88 Å². The van der Waals surface area contributed by atoms with E-state index in [-0.39, 0.29) is 18.0 Å². The Balaban J connectivity index is 1.99. The second-order valence-corrected chi connectivity index (χ2v) is 6.09. The summed E-state index contributed by atoms with van der Waals surface area (Å²) in [7, 11) is 0. The van der Waals surface area contributed by atoms with Crippen LogP contribution in [0.4, 0.5) is 4.39 Å². The number of fused-ring (bicyclic) bond motifs is 1. The van der Waals surface area contributed by atoms with Gasteiger partial charge >= 0.3 is 11.1 Å². The molecule has 2 aromatic rings. The van der Waals surface area contributed by atoms with Crippen LogP contribution in [-0.4, -0.2) is 33.4 Å². The predicted octanol–water partition coefficient (Wildman–Crippen LogP) is 1.09. The van der Waals surface area contributed by atoms with E-state index in [1.807, 2.05) is 0 Å². The molecule has 1 aromatic heterocycles. The average molecular weight is 319 g/mol. The van der Waals surface area contributed by atoms with Gasteiger partial charge in [-0.05, 0) is 37.0 Å². The highest BCUT2D eigenvalue weighted by Gasteiger charge is 2.22. The minimum absolute atomic E-state index is 0.199. The molecule has 122 valence electrons. The molecule has 0 radical (unpaired) electrons. The molecule has 0 spiro atoms. The van der Waals surface area contributed by atoms with Gasteiger partial charge in [-0.15, -0.1) is 0 Å². The smallest absolute Gasteiger partial charge is 0.317 e. The zero-order valence-electron chi connectivity index (χ0n) is 12.8. The van der Waals surface area contributed by atoms with Crippen molar-refractivity contribution in [3.05, 3.63) is 44.7 Å². The standard InChI is InChI=1S/C16H18FN3O3/c1-10-3-2-6-19(8-10)14(21)9-20-13-5-4-11(17)7-12(13)18-15(22)16(20)23/h4-5,7,10H,2-3,6,8-9H2,1H3,(H,18,22). The van der Waals surface area contributed by atoms with Crippen molar-refractivity contribution < 1.29 is 9.18 Å². The van der Waals surface area contributed by atoms with E-state index in [1.165, 1.54) is 12.1 Å². The van der Waals surface area contributed by atoms with Crippen molar-refractivity contribution >= 4 is 16.9 Å². The first-order valence-corrected chi connectivity index (χ1v) is 7.66. The Kier molecular flexibility index (Phi) is 4.02. The molecule has 1 unspecified atom stereocenters. The number of hydrogen-bond acceptors (Lipinski definition) is 3. The average Bonchev–Trinajstić information content (AvgIpc) is 2.51. The van der Waals surface area contributed by atoms with Crippen LogP contribution in [0.1, 0.15) is 19.8 Å². The summed E-state index contributed by atoms with van der Waals surface area (Å²) in [5.41, 5.74) is -1.12. The maximum absolute atomic E-state index is 13.3. The second-order valence-electron chi connectivity index (χ2n) is 6.09. The maximum atomic E-state index is 13.3. The third-order valence-corrected chi connectivity index (χ3v) is 4.24. The van der Waals surface area contributed by atoms with Gasteiger partial charge in [0.25, 0.3) is 0 Å². The van der Waals surface area contributed by atoms with Crippen molar-refractivity contribution in [1.29, 1.82) is 0 Å². The van der Waals surface area contributed by atoms with E-state index in [0.29, 0.717) is 24.5 Å². The lowest BCUT2D eigenvalue weighted by Gasteiger charge is -2.31. The van der Waals surface area contributed by atoms with Crippen LogP contribution < -0.4 is 11.1 Å². The highest BCUT2D eigenvalue weighted by molar-refractivity contribution is 5.80. The van der Waals surface area contributed by atoms with Crippen molar-refractivity contribution in [2.24, 2.45) is 5.92 Å². The van der Waals surface area contributed by atoms with Gasteiger partial charge in [0, 0.05) is 13.1 Å². The molecular weight excluding hydrogens is 301 g/mol. The molecule has 7 heteroatoms. The molecule has 0 saturated carbocycles. The Morgan fingerprint density at radius 2 is 2.17 bits per heavy atom. The quantitative estimate of drug-likeness (QED) is 0.842. The third kappa shape index (κ3) is 3.04. The number of nitrogens with zero attached hydrogens (tertiary/aromatic N) is 2. The molecule has 1 atom stereocenters. The van der Waals surface area contributed by atoms with Crippen molar-refractivity contribution in [3.8, 4) is 0 Å². The fourth-order valence-corrected chi connectivity index (χ4v) is 3.06. The highest BCUT2D eigenvalue weighted by atomic mass is 19.1. The van der Waals surface area contributed by atoms with Crippen molar-refractivity contribution in [1.82, 2.24) is 14.5 Å². The van der Waals surface area contributed by atoms with Crippen LogP contribution in [-0.2, 0) is 11.3 Å². The van der Waals surface area contributed by atoms with E-state index < -0.39 is 16.9 Å². The number of carbonyl (C=O) groups excluding carboxylic acids is 1. The minimum Gasteiger partial charge on any atom is -0.341 e. The van der Waals surface area contributed by atoms with Crippen LogP contribution in [0, 0.1) is 11.7 Å². The fraction of sp³-hybridized carbons (Fsp3) is 0.438. The third-order valence-electron chi connectivity index (χ3n) is 4.24.